The third-order valence-corrected chi connectivity index (χ3v) is 7.71. The molecule has 4 aromatic carbocycles. The number of halogens is 2. The molecule has 0 spiro atoms. The third kappa shape index (κ3) is 5.86. The van der Waals surface area contributed by atoms with Gasteiger partial charge in [-0.15, -0.1) is 0 Å². The first-order chi connectivity index (χ1) is 21.3. The van der Waals surface area contributed by atoms with Crippen molar-refractivity contribution in [3.63, 3.8) is 0 Å². The van der Waals surface area contributed by atoms with E-state index in [-0.39, 0.29) is 37.1 Å². The van der Waals surface area contributed by atoms with Gasteiger partial charge in [0.05, 0.1) is 24.2 Å². The lowest BCUT2D eigenvalue weighted by molar-refractivity contribution is -0.144. The maximum atomic E-state index is 15.2. The largest absolute Gasteiger partial charge is 0.487 e. The first kappa shape index (κ1) is 28.9. The second-order valence-electron chi connectivity index (χ2n) is 10.7. The van der Waals surface area contributed by atoms with Crippen molar-refractivity contribution in [1.29, 1.82) is 0 Å². The van der Waals surface area contributed by atoms with E-state index in [1.165, 1.54) is 34.9 Å². The molecule has 9 heteroatoms. The van der Waals surface area contributed by atoms with Gasteiger partial charge in [-0.1, -0.05) is 42.5 Å². The van der Waals surface area contributed by atoms with Gasteiger partial charge in [-0.05, 0) is 66.6 Å². The number of carbonyl (C=O) groups is 2. The van der Waals surface area contributed by atoms with Crippen LogP contribution >= 0.6 is 0 Å². The van der Waals surface area contributed by atoms with Crippen molar-refractivity contribution in [2.75, 3.05) is 25.1 Å². The van der Waals surface area contributed by atoms with Gasteiger partial charge >= 0.3 is 5.97 Å². The van der Waals surface area contributed by atoms with Gasteiger partial charge in [-0.2, -0.15) is 0 Å². The van der Waals surface area contributed by atoms with E-state index in [9.17, 15) is 14.0 Å². The Labute approximate surface area is 253 Å². The predicted octanol–water partition coefficient (Wildman–Crippen LogP) is 6.48. The highest BCUT2D eigenvalue weighted by Gasteiger charge is 2.25. The summed E-state index contributed by atoms with van der Waals surface area (Å²) in [6.45, 7) is 2.44. The standard InChI is InChI=1S/C35H30F2N2O5/c1-22-27(18-34(40)43-20-23-8-4-3-5-9-23)28-17-25(36)13-14-30(28)39(22)35(41)24-12-15-32(29(37)16-24)42-21-26-19-38(2)31-10-6-7-11-33(31)44-26/h3-17,26H,18-21H2,1-2H3/t26-/m0/s1. The Balaban J connectivity index is 1.19. The number of nitrogens with zero attached hydrogens (tertiary/aromatic N) is 2. The van der Waals surface area contributed by atoms with Crippen molar-refractivity contribution in [1.82, 2.24) is 4.57 Å². The lowest BCUT2D eigenvalue weighted by Crippen LogP contribution is -2.41. The molecule has 1 aromatic heterocycles. The normalized spacial score (nSPS) is 14.2. The number of esters is 1. The lowest BCUT2D eigenvalue weighted by Gasteiger charge is -2.33. The fourth-order valence-electron chi connectivity index (χ4n) is 5.52. The average Bonchev–Trinajstić information content (AvgIpc) is 3.29. The van der Waals surface area contributed by atoms with E-state index < -0.39 is 23.5 Å². The van der Waals surface area contributed by atoms with Gasteiger partial charge < -0.3 is 19.1 Å². The van der Waals surface area contributed by atoms with Crippen molar-refractivity contribution < 1.29 is 32.6 Å². The molecule has 0 N–H and O–H groups in total. The van der Waals surface area contributed by atoms with E-state index in [1.54, 1.807) is 6.92 Å². The molecule has 6 rings (SSSR count). The van der Waals surface area contributed by atoms with Gasteiger partial charge in [-0.25, -0.2) is 8.78 Å². The highest BCUT2D eigenvalue weighted by molar-refractivity contribution is 6.04. The Bertz CT molecular complexity index is 1850. The molecular formula is C35H30F2N2O5. The zero-order valence-corrected chi connectivity index (χ0v) is 24.3. The molecule has 0 saturated heterocycles. The first-order valence-electron chi connectivity index (χ1n) is 14.2. The minimum Gasteiger partial charge on any atom is -0.487 e. The summed E-state index contributed by atoms with van der Waals surface area (Å²) in [4.78, 5) is 28.5. The summed E-state index contributed by atoms with van der Waals surface area (Å²) in [6.07, 6.45) is -0.481. The van der Waals surface area contributed by atoms with Crippen LogP contribution in [0.5, 0.6) is 11.5 Å². The SMILES string of the molecule is Cc1c(CC(=O)OCc2ccccc2)c2cc(F)ccc2n1C(=O)c1ccc(OC[C@@H]2CN(C)c3ccccc3O2)c(F)c1. The Morgan fingerprint density at radius 1 is 0.955 bits per heavy atom. The van der Waals surface area contributed by atoms with Crippen molar-refractivity contribution in [2.45, 2.75) is 26.1 Å². The van der Waals surface area contributed by atoms with Gasteiger partial charge in [-0.3, -0.25) is 14.2 Å². The molecule has 224 valence electrons. The molecule has 1 aliphatic rings. The highest BCUT2D eigenvalue weighted by atomic mass is 19.1. The highest BCUT2D eigenvalue weighted by Crippen LogP contribution is 2.33. The summed E-state index contributed by atoms with van der Waals surface area (Å²) in [7, 11) is 1.95. The number of anilines is 1. The van der Waals surface area contributed by atoms with E-state index in [0.717, 1.165) is 23.1 Å². The summed E-state index contributed by atoms with van der Waals surface area (Å²) in [5.41, 5.74) is 3.18. The average molecular weight is 597 g/mol. The lowest BCUT2D eigenvalue weighted by atomic mass is 10.1. The van der Waals surface area contributed by atoms with Gasteiger partial charge in [0.1, 0.15) is 30.9 Å². The number of ether oxygens (including phenoxy) is 3. The van der Waals surface area contributed by atoms with E-state index in [1.807, 2.05) is 61.6 Å². The molecule has 44 heavy (non-hydrogen) atoms. The van der Waals surface area contributed by atoms with Crippen LogP contribution in [0.25, 0.3) is 10.9 Å². The maximum Gasteiger partial charge on any atom is 0.310 e. The number of para-hydroxylation sites is 2. The predicted molar refractivity (Wildman–Crippen MR) is 162 cm³/mol. The van der Waals surface area contributed by atoms with Crippen LogP contribution in [0.4, 0.5) is 14.5 Å². The number of carbonyl (C=O) groups excluding carboxylic acids is 2. The zero-order valence-electron chi connectivity index (χ0n) is 24.3. The molecule has 7 nitrogen and oxygen atoms in total. The van der Waals surface area contributed by atoms with Crippen molar-refractivity contribution in [2.24, 2.45) is 0 Å². The fourth-order valence-corrected chi connectivity index (χ4v) is 5.52. The molecule has 0 aliphatic carbocycles. The van der Waals surface area contributed by atoms with E-state index in [2.05, 4.69) is 4.90 Å². The van der Waals surface area contributed by atoms with Crippen LogP contribution in [-0.2, 0) is 22.6 Å². The Morgan fingerprint density at radius 3 is 2.52 bits per heavy atom. The van der Waals surface area contributed by atoms with Crippen LogP contribution in [0.15, 0.2) is 91.0 Å². The number of rotatable bonds is 8. The summed E-state index contributed by atoms with van der Waals surface area (Å²) in [5.74, 6) is -1.53. The van der Waals surface area contributed by atoms with Crippen LogP contribution in [-0.4, -0.2) is 42.7 Å². The maximum absolute atomic E-state index is 15.2. The summed E-state index contributed by atoms with van der Waals surface area (Å²) >= 11 is 0. The second-order valence-corrected chi connectivity index (χ2v) is 10.7. The van der Waals surface area contributed by atoms with Crippen LogP contribution in [0.3, 0.4) is 0 Å². The summed E-state index contributed by atoms with van der Waals surface area (Å²) in [6, 6.07) is 24.9. The van der Waals surface area contributed by atoms with Crippen molar-refractivity contribution in [3.8, 4) is 11.5 Å². The number of benzene rings is 4. The van der Waals surface area contributed by atoms with E-state index >= 15 is 4.39 Å². The monoisotopic (exact) mass is 596 g/mol. The van der Waals surface area contributed by atoms with E-state index in [0.29, 0.717) is 28.7 Å². The number of likely N-dealkylation sites (N-methyl/N-ethyl adjacent to an activating group) is 1. The van der Waals surface area contributed by atoms with Crippen molar-refractivity contribution in [3.05, 3.63) is 125 Å². The molecule has 0 fully saturated rings. The second kappa shape index (κ2) is 12.2. The quantitative estimate of drug-likeness (QED) is 0.191. The molecule has 0 amide bonds. The Hall–Kier alpha value is -5.18. The van der Waals surface area contributed by atoms with Gasteiger partial charge in [0, 0.05) is 23.7 Å². The molecule has 0 bridgehead atoms. The molecular weight excluding hydrogens is 566 g/mol. The molecule has 2 heterocycles. The van der Waals surface area contributed by atoms with Gasteiger partial charge in [0.15, 0.2) is 11.6 Å². The molecule has 1 atom stereocenters. The number of hydrogen-bond donors (Lipinski definition) is 0. The van der Waals surface area contributed by atoms with Crippen LogP contribution in [0.1, 0.15) is 27.2 Å². The van der Waals surface area contributed by atoms with Crippen LogP contribution in [0.2, 0.25) is 0 Å². The minimum atomic E-state index is -0.703. The number of hydrogen-bond acceptors (Lipinski definition) is 6. The molecule has 0 unspecified atom stereocenters. The Morgan fingerprint density at radius 2 is 1.73 bits per heavy atom. The van der Waals surface area contributed by atoms with Gasteiger partial charge in [0.2, 0.25) is 0 Å². The molecule has 0 radical (unpaired) electrons. The van der Waals surface area contributed by atoms with Gasteiger partial charge in [0.25, 0.3) is 5.91 Å². The third-order valence-electron chi connectivity index (χ3n) is 7.71. The topological polar surface area (TPSA) is 70.0 Å². The molecule has 5 aromatic rings. The summed E-state index contributed by atoms with van der Waals surface area (Å²) in [5, 5.41) is 0.409. The number of aromatic nitrogens is 1. The smallest absolute Gasteiger partial charge is 0.310 e. The summed E-state index contributed by atoms with van der Waals surface area (Å²) < 4.78 is 48.1. The minimum absolute atomic E-state index is 0.00957. The van der Waals surface area contributed by atoms with Crippen molar-refractivity contribution >= 4 is 28.5 Å². The molecule has 0 saturated carbocycles. The van der Waals surface area contributed by atoms with Crippen LogP contribution < -0.4 is 14.4 Å². The fraction of sp³-hybridized carbons (Fsp3) is 0.200. The Kier molecular flexibility index (Phi) is 8.02. The molecule has 1 aliphatic heterocycles. The zero-order chi connectivity index (χ0) is 30.8. The van der Waals surface area contributed by atoms with E-state index in [4.69, 9.17) is 14.2 Å². The first-order valence-corrected chi connectivity index (χ1v) is 14.2. The number of fused-ring (bicyclic) bond motifs is 2. The van der Waals surface area contributed by atoms with Crippen LogP contribution in [0, 0.1) is 18.6 Å².